The molecule has 0 bridgehead atoms. The fourth-order valence-corrected chi connectivity index (χ4v) is 3.94. The number of hydrogen-bond acceptors (Lipinski definition) is 4. The molecule has 0 saturated heterocycles. The Balaban J connectivity index is 0.00000176. The van der Waals surface area contributed by atoms with E-state index >= 15 is 0 Å². The largest absolute Gasteiger partial charge is 0.427 e. The first-order chi connectivity index (χ1) is 17.0. The number of carbonyl (C=O) groups is 2. The first kappa shape index (κ1) is 27.2. The van der Waals surface area contributed by atoms with Gasteiger partial charge in [0.05, 0.1) is 27.9 Å². The molecule has 0 fully saturated rings. The van der Waals surface area contributed by atoms with E-state index in [9.17, 15) is 27.2 Å². The van der Waals surface area contributed by atoms with Crippen molar-refractivity contribution in [3.8, 4) is 16.9 Å². The summed E-state index contributed by atoms with van der Waals surface area (Å²) in [5.74, 6) is -2.58. The topological polar surface area (TPSA) is 61.2 Å². The molecular weight excluding hydrogens is 523 g/mol. The van der Waals surface area contributed by atoms with Gasteiger partial charge in [-0.1, -0.05) is 43.1 Å². The minimum Gasteiger partial charge on any atom is -0.427 e. The van der Waals surface area contributed by atoms with E-state index in [4.69, 9.17) is 27.9 Å². The van der Waals surface area contributed by atoms with Gasteiger partial charge < -0.3 is 4.74 Å². The molecule has 36 heavy (non-hydrogen) atoms. The molecule has 0 N–H and O–H groups in total. The van der Waals surface area contributed by atoms with Crippen LogP contribution in [-0.2, 0) is 11.0 Å². The second-order valence-corrected chi connectivity index (χ2v) is 7.93. The van der Waals surface area contributed by atoms with Gasteiger partial charge in [-0.15, -0.1) is 0 Å². The highest BCUT2D eigenvalue weighted by Gasteiger charge is 2.37. The Hall–Kier alpha value is -3.43. The SMILES string of the molecule is CC.CC(=O)Oc1ccc(-c2cn(C(=O)c3c(Cl)cccc3C(F)(F)F)c3cnc(Cl)cc23)c(F)c1. The quantitative estimate of drug-likeness (QED) is 0.115. The number of halogens is 6. The van der Waals surface area contributed by atoms with Crippen LogP contribution in [0.4, 0.5) is 17.6 Å². The van der Waals surface area contributed by atoms with Crippen LogP contribution in [0.2, 0.25) is 10.2 Å². The zero-order valence-corrected chi connectivity index (χ0v) is 20.6. The summed E-state index contributed by atoms with van der Waals surface area (Å²) in [5, 5.41) is -0.125. The van der Waals surface area contributed by atoms with E-state index in [1.807, 2.05) is 13.8 Å². The Bertz CT molecular complexity index is 1470. The molecule has 2 aromatic carbocycles. The highest BCUT2D eigenvalue weighted by atomic mass is 35.5. The van der Waals surface area contributed by atoms with Crippen LogP contribution in [0.1, 0.15) is 36.7 Å². The van der Waals surface area contributed by atoms with Crippen LogP contribution in [0.3, 0.4) is 0 Å². The van der Waals surface area contributed by atoms with Crippen molar-refractivity contribution < 1.29 is 31.9 Å². The van der Waals surface area contributed by atoms with Crippen LogP contribution in [-0.4, -0.2) is 21.4 Å². The molecular formula is C25H18Cl2F4N2O3. The monoisotopic (exact) mass is 540 g/mol. The maximum atomic E-state index is 14.9. The molecule has 0 atom stereocenters. The lowest BCUT2D eigenvalue weighted by Gasteiger charge is -2.14. The fraction of sp³-hybridized carbons (Fsp3) is 0.160. The van der Waals surface area contributed by atoms with Gasteiger partial charge in [0.2, 0.25) is 0 Å². The summed E-state index contributed by atoms with van der Waals surface area (Å²) in [4.78, 5) is 28.3. The van der Waals surface area contributed by atoms with Gasteiger partial charge in [0.1, 0.15) is 16.7 Å². The zero-order chi connectivity index (χ0) is 26.8. The number of nitrogens with zero attached hydrogens (tertiary/aromatic N) is 2. The van der Waals surface area contributed by atoms with Crippen LogP contribution in [0.25, 0.3) is 22.0 Å². The summed E-state index contributed by atoms with van der Waals surface area (Å²) in [6.45, 7) is 5.16. The van der Waals surface area contributed by atoms with E-state index in [2.05, 4.69) is 4.98 Å². The molecule has 2 heterocycles. The molecule has 11 heteroatoms. The molecule has 0 saturated carbocycles. The first-order valence-corrected chi connectivity index (χ1v) is 11.3. The molecule has 4 rings (SSSR count). The normalized spacial score (nSPS) is 11.1. The standard InChI is InChI=1S/C23H12Cl2F4N2O3.C2H6/c1-11(32)34-12-5-6-13(18(26)7-12)15-10-31(19-9-30-20(25)8-14(15)19)22(33)21-16(23(27,28)29)3-2-4-17(21)24;1-2/h2-10H,1H3;1-2H3. The van der Waals surface area contributed by atoms with Crippen molar-refractivity contribution in [2.45, 2.75) is 26.9 Å². The van der Waals surface area contributed by atoms with Crippen LogP contribution in [0.5, 0.6) is 5.75 Å². The van der Waals surface area contributed by atoms with Crippen molar-refractivity contribution in [3.63, 3.8) is 0 Å². The Morgan fingerprint density at radius 2 is 1.72 bits per heavy atom. The summed E-state index contributed by atoms with van der Waals surface area (Å²) in [6.07, 6.45) is -2.48. The summed E-state index contributed by atoms with van der Waals surface area (Å²) in [7, 11) is 0. The third kappa shape index (κ3) is 5.37. The van der Waals surface area contributed by atoms with Crippen molar-refractivity contribution >= 4 is 46.0 Å². The number of alkyl halides is 3. The van der Waals surface area contributed by atoms with Crippen molar-refractivity contribution in [2.75, 3.05) is 0 Å². The van der Waals surface area contributed by atoms with Crippen LogP contribution in [0, 0.1) is 5.82 Å². The maximum Gasteiger partial charge on any atom is 0.417 e. The molecule has 0 aliphatic carbocycles. The summed E-state index contributed by atoms with van der Waals surface area (Å²) in [6, 6.07) is 7.97. The molecule has 0 unspecified atom stereocenters. The number of ether oxygens (including phenoxy) is 1. The smallest absolute Gasteiger partial charge is 0.417 e. The lowest BCUT2D eigenvalue weighted by molar-refractivity contribution is -0.138. The van der Waals surface area contributed by atoms with Crippen LogP contribution >= 0.6 is 23.2 Å². The molecule has 0 radical (unpaired) electrons. The lowest BCUT2D eigenvalue weighted by Crippen LogP contribution is -2.18. The molecule has 0 amide bonds. The molecule has 5 nitrogen and oxygen atoms in total. The predicted molar refractivity (Wildman–Crippen MR) is 129 cm³/mol. The minimum atomic E-state index is -4.85. The third-order valence-corrected chi connectivity index (χ3v) is 5.42. The fourth-order valence-electron chi connectivity index (χ4n) is 3.52. The Kier molecular flexibility index (Phi) is 8.05. The van der Waals surface area contributed by atoms with Gasteiger partial charge in [-0.25, -0.2) is 9.37 Å². The Morgan fingerprint density at radius 3 is 2.33 bits per heavy atom. The zero-order valence-electron chi connectivity index (χ0n) is 19.1. The maximum absolute atomic E-state index is 14.9. The van der Waals surface area contributed by atoms with Gasteiger partial charge >= 0.3 is 12.1 Å². The molecule has 188 valence electrons. The van der Waals surface area contributed by atoms with E-state index in [0.29, 0.717) is 0 Å². The summed E-state index contributed by atoms with van der Waals surface area (Å²) < 4.78 is 61.5. The van der Waals surface area contributed by atoms with Gasteiger partial charge in [-0.2, -0.15) is 13.2 Å². The average Bonchev–Trinajstić information content (AvgIpc) is 3.17. The number of pyridine rings is 1. The van der Waals surface area contributed by atoms with Gasteiger partial charge in [0.25, 0.3) is 5.91 Å². The van der Waals surface area contributed by atoms with E-state index in [-0.39, 0.29) is 32.9 Å². The van der Waals surface area contributed by atoms with E-state index in [1.54, 1.807) is 0 Å². The Morgan fingerprint density at radius 1 is 1.03 bits per heavy atom. The highest BCUT2D eigenvalue weighted by Crippen LogP contribution is 2.38. The van der Waals surface area contributed by atoms with Gasteiger partial charge in [0.15, 0.2) is 0 Å². The van der Waals surface area contributed by atoms with E-state index in [1.165, 1.54) is 36.7 Å². The number of rotatable bonds is 3. The number of benzene rings is 2. The van der Waals surface area contributed by atoms with Crippen LogP contribution < -0.4 is 4.74 Å². The van der Waals surface area contributed by atoms with Crippen molar-refractivity contribution in [1.82, 2.24) is 9.55 Å². The number of esters is 1. The molecule has 2 aromatic heterocycles. The summed E-state index contributed by atoms with van der Waals surface area (Å²) in [5.41, 5.74) is -1.75. The molecule has 0 aliphatic rings. The third-order valence-electron chi connectivity index (χ3n) is 4.90. The van der Waals surface area contributed by atoms with Crippen LogP contribution in [0.15, 0.2) is 54.9 Å². The van der Waals surface area contributed by atoms with Crippen molar-refractivity contribution in [1.29, 1.82) is 0 Å². The predicted octanol–water partition coefficient (Wildman–Crippen LogP) is 7.81. The second kappa shape index (κ2) is 10.7. The van der Waals surface area contributed by atoms with Gasteiger partial charge in [-0.05, 0) is 30.3 Å². The van der Waals surface area contributed by atoms with Gasteiger partial charge in [-0.3, -0.25) is 14.2 Å². The summed E-state index contributed by atoms with van der Waals surface area (Å²) >= 11 is 12.0. The first-order valence-electron chi connectivity index (χ1n) is 10.5. The highest BCUT2D eigenvalue weighted by molar-refractivity contribution is 6.34. The minimum absolute atomic E-state index is 0.00933. The number of aromatic nitrogens is 2. The van der Waals surface area contributed by atoms with E-state index < -0.39 is 40.0 Å². The van der Waals surface area contributed by atoms with Crippen molar-refractivity contribution in [3.05, 3.63) is 82.0 Å². The Labute approximate surface area is 213 Å². The molecule has 0 aliphatic heterocycles. The van der Waals surface area contributed by atoms with Gasteiger partial charge in [0, 0.05) is 35.7 Å². The molecule has 0 spiro atoms. The second-order valence-electron chi connectivity index (χ2n) is 7.14. The van der Waals surface area contributed by atoms with Crippen molar-refractivity contribution in [2.24, 2.45) is 0 Å². The van der Waals surface area contributed by atoms with E-state index in [0.717, 1.165) is 29.7 Å². The lowest BCUT2D eigenvalue weighted by atomic mass is 10.0. The number of fused-ring (bicyclic) bond motifs is 1. The average molecular weight is 541 g/mol. The number of carbonyl (C=O) groups excluding carboxylic acids is 2. The number of hydrogen-bond donors (Lipinski definition) is 0. The molecule has 4 aromatic rings.